The molecule has 1 atom stereocenters. The van der Waals surface area contributed by atoms with Crippen LogP contribution in [0.25, 0.3) is 0 Å². The van der Waals surface area contributed by atoms with Gasteiger partial charge < -0.3 is 0 Å². The van der Waals surface area contributed by atoms with Crippen molar-refractivity contribution in [3.8, 4) is 0 Å². The van der Waals surface area contributed by atoms with Crippen molar-refractivity contribution in [2.24, 2.45) is 0 Å². The van der Waals surface area contributed by atoms with E-state index in [1.54, 1.807) is 0 Å². The lowest BCUT2D eigenvalue weighted by atomic mass is 10.4. The fraction of sp³-hybridized carbons (Fsp3) is 1.00. The molecule has 0 fully saturated rings. The topological polar surface area (TPSA) is 0 Å². The fourth-order valence-corrected chi connectivity index (χ4v) is 2.09. The monoisotopic (exact) mass is 116 g/mol. The van der Waals surface area contributed by atoms with Crippen LogP contribution in [0.3, 0.4) is 0 Å². The summed E-state index contributed by atoms with van der Waals surface area (Å²) in [4.78, 5) is 0. The highest BCUT2D eigenvalue weighted by Crippen LogP contribution is 2.06. The zero-order chi connectivity index (χ0) is 5.70. The maximum absolute atomic E-state index is 2.37. The average molecular weight is 116 g/mol. The second-order valence-corrected chi connectivity index (χ2v) is 5.27. The third-order valence-corrected chi connectivity index (χ3v) is 3.62. The molecule has 0 heterocycles. The smallest absolute Gasteiger partial charge is 0.0225 e. The molecule has 0 radical (unpaired) electrons. The summed E-state index contributed by atoms with van der Waals surface area (Å²) < 4.78 is 0. The van der Waals surface area contributed by atoms with Gasteiger partial charge in [0.2, 0.25) is 0 Å². The highest BCUT2D eigenvalue weighted by molar-refractivity contribution is 6.37. The summed E-state index contributed by atoms with van der Waals surface area (Å²) in [6, 6.07) is 1.48. The Bertz CT molecular complexity index is 35.2. The van der Waals surface area contributed by atoms with Gasteiger partial charge in [0.1, 0.15) is 0 Å². The molecule has 0 saturated carbocycles. The number of hydrogen-bond acceptors (Lipinski definition) is 0. The average Bonchev–Trinajstić information content (AvgIpc) is 1.68. The molecule has 0 aromatic carbocycles. The predicted molar refractivity (Wildman–Crippen MR) is 38.7 cm³/mol. The lowest BCUT2D eigenvalue weighted by Gasteiger charge is -2.01. The van der Waals surface area contributed by atoms with Crippen LogP contribution in [0.15, 0.2) is 0 Å². The minimum Gasteiger partial charge on any atom is -0.0683 e. The largest absolute Gasteiger partial charge is 0.0683 e. The molecule has 0 aliphatic rings. The van der Waals surface area contributed by atoms with Gasteiger partial charge in [0, 0.05) is 9.52 Å². The summed E-state index contributed by atoms with van der Waals surface area (Å²) in [7, 11) is 0.346. The van der Waals surface area contributed by atoms with Crippen molar-refractivity contribution in [3.63, 3.8) is 0 Å². The maximum Gasteiger partial charge on any atom is 0.0225 e. The molecule has 1 unspecified atom stereocenters. The molecule has 0 nitrogen and oxygen atoms in total. The molecule has 0 amide bonds. The van der Waals surface area contributed by atoms with Crippen LogP contribution in [-0.2, 0) is 0 Å². The van der Waals surface area contributed by atoms with Crippen LogP contribution in [0.4, 0.5) is 0 Å². The van der Waals surface area contributed by atoms with E-state index in [1.165, 1.54) is 12.5 Å². The normalized spacial score (nSPS) is 15.9. The Kier molecular flexibility index (Phi) is 4.51. The van der Waals surface area contributed by atoms with E-state index in [0.29, 0.717) is 9.52 Å². The summed E-state index contributed by atoms with van der Waals surface area (Å²) in [6.45, 7) is 6.96. The van der Waals surface area contributed by atoms with Gasteiger partial charge in [0.15, 0.2) is 0 Å². The van der Waals surface area contributed by atoms with Crippen molar-refractivity contribution in [3.05, 3.63) is 0 Å². The highest BCUT2D eigenvalue weighted by Gasteiger charge is 1.93. The second-order valence-electron chi connectivity index (χ2n) is 2.30. The van der Waals surface area contributed by atoms with Crippen LogP contribution >= 0.6 is 0 Å². The van der Waals surface area contributed by atoms with Crippen molar-refractivity contribution < 1.29 is 0 Å². The van der Waals surface area contributed by atoms with Gasteiger partial charge in [-0.1, -0.05) is 38.8 Å². The van der Waals surface area contributed by atoms with Crippen LogP contribution in [0.5, 0.6) is 0 Å². The zero-order valence-corrected chi connectivity index (χ0v) is 7.11. The van der Waals surface area contributed by atoms with Gasteiger partial charge in [-0.15, -0.1) is 0 Å². The van der Waals surface area contributed by atoms with Gasteiger partial charge in [-0.3, -0.25) is 0 Å². The molecule has 0 saturated heterocycles. The number of hydrogen-bond donors (Lipinski definition) is 0. The second kappa shape index (κ2) is 4.38. The van der Waals surface area contributed by atoms with E-state index in [2.05, 4.69) is 20.8 Å². The van der Waals surface area contributed by atoms with E-state index in [-0.39, 0.29) is 0 Å². The van der Waals surface area contributed by atoms with Crippen LogP contribution in [0, 0.1) is 0 Å². The third kappa shape index (κ3) is 4.06. The minimum atomic E-state index is 0.346. The van der Waals surface area contributed by atoms with Crippen molar-refractivity contribution >= 4 is 9.52 Å². The molecule has 0 aromatic heterocycles. The molecular weight excluding hydrogens is 100 g/mol. The molecule has 1 heteroatoms. The number of rotatable bonds is 3. The summed E-state index contributed by atoms with van der Waals surface area (Å²) in [5, 5.41) is 0. The fourth-order valence-electron chi connectivity index (χ4n) is 0.697. The van der Waals surface area contributed by atoms with Crippen LogP contribution in [0.2, 0.25) is 11.6 Å². The SMILES string of the molecule is CC[SiH2]C(C)CC. The van der Waals surface area contributed by atoms with E-state index in [0.717, 1.165) is 5.54 Å². The Morgan fingerprint density at radius 1 is 1.43 bits per heavy atom. The van der Waals surface area contributed by atoms with Crippen molar-refractivity contribution in [2.45, 2.75) is 38.8 Å². The molecular formula is C6H16Si. The van der Waals surface area contributed by atoms with Crippen molar-refractivity contribution in [1.82, 2.24) is 0 Å². The van der Waals surface area contributed by atoms with Gasteiger partial charge in [-0.2, -0.15) is 0 Å². The summed E-state index contributed by atoms with van der Waals surface area (Å²) in [5.41, 5.74) is 1.09. The summed E-state index contributed by atoms with van der Waals surface area (Å²) >= 11 is 0. The molecule has 0 aliphatic carbocycles. The lowest BCUT2D eigenvalue weighted by molar-refractivity contribution is 0.865. The first kappa shape index (κ1) is 7.22. The standard InChI is InChI=1S/C6H16Si/c1-4-6(3)7-5-2/h6H,4-5,7H2,1-3H3. The van der Waals surface area contributed by atoms with E-state index in [9.17, 15) is 0 Å². The molecule has 0 bridgehead atoms. The molecule has 7 heavy (non-hydrogen) atoms. The summed E-state index contributed by atoms with van der Waals surface area (Å²) in [5.74, 6) is 0. The Hall–Kier alpha value is 0.217. The van der Waals surface area contributed by atoms with Crippen LogP contribution < -0.4 is 0 Å². The van der Waals surface area contributed by atoms with Gasteiger partial charge in [0.25, 0.3) is 0 Å². The molecule has 0 spiro atoms. The molecule has 0 N–H and O–H groups in total. The Morgan fingerprint density at radius 3 is 2.14 bits per heavy atom. The first-order chi connectivity index (χ1) is 3.31. The third-order valence-electron chi connectivity index (χ3n) is 1.48. The predicted octanol–water partition coefficient (Wildman–Crippen LogP) is 1.81. The van der Waals surface area contributed by atoms with E-state index >= 15 is 0 Å². The Morgan fingerprint density at radius 2 is 2.00 bits per heavy atom. The van der Waals surface area contributed by atoms with Crippen LogP contribution in [-0.4, -0.2) is 9.52 Å². The van der Waals surface area contributed by atoms with Gasteiger partial charge in [-0.25, -0.2) is 0 Å². The van der Waals surface area contributed by atoms with Crippen LogP contribution in [0.1, 0.15) is 27.2 Å². The molecule has 0 aromatic rings. The van der Waals surface area contributed by atoms with E-state index in [1.807, 2.05) is 0 Å². The first-order valence-corrected chi connectivity index (χ1v) is 5.12. The summed E-state index contributed by atoms with van der Waals surface area (Å²) in [6.07, 6.45) is 1.40. The molecule has 0 rings (SSSR count). The minimum absolute atomic E-state index is 0.346. The van der Waals surface area contributed by atoms with Crippen molar-refractivity contribution in [1.29, 1.82) is 0 Å². The zero-order valence-electron chi connectivity index (χ0n) is 5.70. The van der Waals surface area contributed by atoms with E-state index < -0.39 is 0 Å². The van der Waals surface area contributed by atoms with Gasteiger partial charge in [-0.05, 0) is 0 Å². The Labute approximate surface area is 49.1 Å². The highest BCUT2D eigenvalue weighted by atomic mass is 28.2. The first-order valence-electron chi connectivity index (χ1n) is 3.31. The van der Waals surface area contributed by atoms with Gasteiger partial charge in [0.05, 0.1) is 0 Å². The van der Waals surface area contributed by atoms with E-state index in [4.69, 9.17) is 0 Å². The quantitative estimate of drug-likeness (QED) is 0.493. The maximum atomic E-state index is 2.37. The van der Waals surface area contributed by atoms with Crippen molar-refractivity contribution in [2.75, 3.05) is 0 Å². The molecule has 44 valence electrons. The van der Waals surface area contributed by atoms with Gasteiger partial charge >= 0.3 is 0 Å². The Balaban J connectivity index is 2.83. The lowest BCUT2D eigenvalue weighted by Crippen LogP contribution is -1.94. The molecule has 0 aliphatic heterocycles.